The second kappa shape index (κ2) is 14.5. The number of ether oxygens (including phenoxy) is 4. The van der Waals surface area contributed by atoms with Crippen molar-refractivity contribution in [1.82, 2.24) is 4.98 Å². The maximum Gasteiger partial charge on any atom is 0.420 e. The van der Waals surface area contributed by atoms with Crippen LogP contribution in [0.5, 0.6) is 17.4 Å². The highest BCUT2D eigenvalue weighted by Gasteiger charge is 2.35. The summed E-state index contributed by atoms with van der Waals surface area (Å²) in [7, 11) is 1.46. The predicted octanol–water partition coefficient (Wildman–Crippen LogP) is 7.09. The van der Waals surface area contributed by atoms with Gasteiger partial charge in [0.25, 0.3) is 5.88 Å². The molecular formula is C32H30F4N2O5. The number of carbonyl (C=O) groups excluding carboxylic acids is 1. The molecule has 1 amide bonds. The van der Waals surface area contributed by atoms with Crippen LogP contribution in [-0.4, -0.2) is 37.8 Å². The number of amides is 1. The molecule has 1 aromatic heterocycles. The van der Waals surface area contributed by atoms with Gasteiger partial charge in [0.1, 0.15) is 18.2 Å². The number of methoxy groups -OCH3 is 1. The fourth-order valence-electron chi connectivity index (χ4n) is 4.18. The minimum absolute atomic E-state index is 0.0688. The summed E-state index contributed by atoms with van der Waals surface area (Å²) in [6.07, 6.45) is -3.62. The molecule has 0 bridgehead atoms. The molecule has 3 aromatic carbocycles. The fourth-order valence-corrected chi connectivity index (χ4v) is 4.18. The summed E-state index contributed by atoms with van der Waals surface area (Å²) in [6.45, 7) is 2.48. The zero-order chi connectivity index (χ0) is 30.8. The minimum atomic E-state index is -4.73. The molecule has 0 aliphatic heterocycles. The summed E-state index contributed by atoms with van der Waals surface area (Å²) in [5, 5.41) is 2.41. The number of pyridine rings is 1. The summed E-state index contributed by atoms with van der Waals surface area (Å²) < 4.78 is 77.7. The summed E-state index contributed by atoms with van der Waals surface area (Å²) in [4.78, 5) is 16.8. The Balaban J connectivity index is 1.38. The Morgan fingerprint density at radius 3 is 2.40 bits per heavy atom. The van der Waals surface area contributed by atoms with Gasteiger partial charge in [-0.15, -0.1) is 0 Å². The van der Waals surface area contributed by atoms with E-state index in [0.717, 1.165) is 17.7 Å². The van der Waals surface area contributed by atoms with Crippen molar-refractivity contribution in [3.05, 3.63) is 102 Å². The van der Waals surface area contributed by atoms with Gasteiger partial charge in [-0.05, 0) is 53.9 Å². The van der Waals surface area contributed by atoms with E-state index >= 15 is 0 Å². The Morgan fingerprint density at radius 2 is 1.70 bits per heavy atom. The van der Waals surface area contributed by atoms with Gasteiger partial charge in [-0.2, -0.15) is 13.2 Å². The molecule has 4 rings (SSSR count). The molecule has 7 nitrogen and oxygen atoms in total. The van der Waals surface area contributed by atoms with E-state index in [1.807, 2.05) is 37.3 Å². The van der Waals surface area contributed by atoms with Crippen molar-refractivity contribution in [3.8, 4) is 28.5 Å². The highest BCUT2D eigenvalue weighted by Crippen LogP contribution is 2.38. The number of nitrogens with zero attached hydrogens (tertiary/aromatic N) is 1. The largest absolute Gasteiger partial charge is 0.491 e. The van der Waals surface area contributed by atoms with Gasteiger partial charge in [0.05, 0.1) is 38.9 Å². The van der Waals surface area contributed by atoms with Crippen LogP contribution in [0.1, 0.15) is 23.6 Å². The summed E-state index contributed by atoms with van der Waals surface area (Å²) in [5.74, 6) is -1.04. The van der Waals surface area contributed by atoms with E-state index in [4.69, 9.17) is 18.9 Å². The van der Waals surface area contributed by atoms with Crippen molar-refractivity contribution in [2.24, 2.45) is 0 Å². The molecule has 0 radical (unpaired) electrons. The Labute approximate surface area is 246 Å². The highest BCUT2D eigenvalue weighted by molar-refractivity contribution is 5.92. The fraction of sp³-hybridized carbons (Fsp3) is 0.250. The maximum atomic E-state index is 14.9. The topological polar surface area (TPSA) is 78.9 Å². The van der Waals surface area contributed by atoms with Gasteiger partial charge in [0, 0.05) is 17.4 Å². The smallest absolute Gasteiger partial charge is 0.420 e. The van der Waals surface area contributed by atoms with Crippen molar-refractivity contribution in [3.63, 3.8) is 0 Å². The van der Waals surface area contributed by atoms with Crippen LogP contribution >= 0.6 is 0 Å². The molecule has 1 N–H and O–H groups in total. The van der Waals surface area contributed by atoms with Crippen LogP contribution in [-0.2, 0) is 28.7 Å². The van der Waals surface area contributed by atoms with Crippen LogP contribution in [0.2, 0.25) is 0 Å². The average molecular weight is 599 g/mol. The second-order valence-corrected chi connectivity index (χ2v) is 9.29. The number of hydrogen-bond acceptors (Lipinski definition) is 6. The van der Waals surface area contributed by atoms with E-state index in [1.54, 1.807) is 12.1 Å². The van der Waals surface area contributed by atoms with Crippen molar-refractivity contribution >= 4 is 11.6 Å². The SMILES string of the molecule is CCOc1cc(-c2ccc(CC(=O)Nc3ccc(OCCOCc4ccccc4)c(C(F)(F)F)c3)c(F)c2)cnc1OC. The number of benzene rings is 3. The van der Waals surface area contributed by atoms with E-state index in [2.05, 4.69) is 10.3 Å². The lowest BCUT2D eigenvalue weighted by atomic mass is 10.0. The Morgan fingerprint density at radius 1 is 0.907 bits per heavy atom. The first kappa shape index (κ1) is 31.3. The van der Waals surface area contributed by atoms with Gasteiger partial charge in [-0.1, -0.05) is 42.5 Å². The van der Waals surface area contributed by atoms with Crippen LogP contribution in [0.3, 0.4) is 0 Å². The molecule has 0 atom stereocenters. The van der Waals surface area contributed by atoms with Crippen LogP contribution in [0.4, 0.5) is 23.2 Å². The predicted molar refractivity (Wildman–Crippen MR) is 153 cm³/mol. The van der Waals surface area contributed by atoms with Gasteiger partial charge in [0.2, 0.25) is 5.91 Å². The molecule has 11 heteroatoms. The van der Waals surface area contributed by atoms with Gasteiger partial charge in [0.15, 0.2) is 5.75 Å². The normalized spacial score (nSPS) is 11.2. The quantitative estimate of drug-likeness (QED) is 0.131. The van der Waals surface area contributed by atoms with Gasteiger partial charge < -0.3 is 24.3 Å². The van der Waals surface area contributed by atoms with Crippen molar-refractivity contribution in [1.29, 1.82) is 0 Å². The standard InChI is InChI=1S/C32H30F4N2O5/c1-3-42-29-16-24(19-37-31(29)40-2)22-9-10-23(27(33)15-22)17-30(39)38-25-11-12-28(26(18-25)32(34,35)36)43-14-13-41-20-21-7-5-4-6-8-21/h4-12,15-16,18-19H,3,13-14,17,20H2,1-2H3,(H,38,39). The number of alkyl halides is 3. The molecule has 0 spiro atoms. The van der Waals surface area contributed by atoms with E-state index in [-0.39, 0.29) is 24.5 Å². The molecular weight excluding hydrogens is 568 g/mol. The van der Waals surface area contributed by atoms with Crippen LogP contribution in [0, 0.1) is 5.82 Å². The molecule has 0 saturated heterocycles. The lowest BCUT2D eigenvalue weighted by molar-refractivity contribution is -0.139. The average Bonchev–Trinajstić information content (AvgIpc) is 2.98. The summed E-state index contributed by atoms with van der Waals surface area (Å²) >= 11 is 0. The van der Waals surface area contributed by atoms with Crippen LogP contribution in [0.15, 0.2) is 79.0 Å². The molecule has 0 fully saturated rings. The van der Waals surface area contributed by atoms with Gasteiger partial charge >= 0.3 is 6.18 Å². The molecule has 43 heavy (non-hydrogen) atoms. The number of aromatic nitrogens is 1. The third kappa shape index (κ3) is 8.68. The Bertz CT molecular complexity index is 1530. The minimum Gasteiger partial charge on any atom is -0.491 e. The van der Waals surface area contributed by atoms with E-state index in [0.29, 0.717) is 36.0 Å². The van der Waals surface area contributed by atoms with Crippen molar-refractivity contribution in [2.45, 2.75) is 26.1 Å². The first-order chi connectivity index (χ1) is 20.7. The third-order valence-electron chi connectivity index (χ3n) is 6.21. The van der Waals surface area contributed by atoms with Crippen LogP contribution in [0.25, 0.3) is 11.1 Å². The van der Waals surface area contributed by atoms with E-state index < -0.39 is 35.6 Å². The zero-order valence-corrected chi connectivity index (χ0v) is 23.5. The Hall–Kier alpha value is -4.64. The third-order valence-corrected chi connectivity index (χ3v) is 6.21. The first-order valence-corrected chi connectivity index (χ1v) is 13.4. The number of rotatable bonds is 13. The zero-order valence-electron chi connectivity index (χ0n) is 23.5. The lowest BCUT2D eigenvalue weighted by Crippen LogP contribution is -2.17. The van der Waals surface area contributed by atoms with Gasteiger partial charge in [-0.3, -0.25) is 4.79 Å². The monoisotopic (exact) mass is 598 g/mol. The van der Waals surface area contributed by atoms with E-state index in [1.165, 1.54) is 31.5 Å². The van der Waals surface area contributed by atoms with Crippen molar-refractivity contribution < 1.29 is 41.3 Å². The number of nitrogens with one attached hydrogen (secondary N) is 1. The van der Waals surface area contributed by atoms with Crippen LogP contribution < -0.4 is 19.5 Å². The number of halogens is 4. The molecule has 226 valence electrons. The molecule has 0 aliphatic rings. The molecule has 0 unspecified atom stereocenters. The van der Waals surface area contributed by atoms with E-state index in [9.17, 15) is 22.4 Å². The number of anilines is 1. The molecule has 4 aromatic rings. The number of carbonyl (C=O) groups is 1. The van der Waals surface area contributed by atoms with Crippen molar-refractivity contribution in [2.75, 3.05) is 32.2 Å². The highest BCUT2D eigenvalue weighted by atomic mass is 19.4. The first-order valence-electron chi connectivity index (χ1n) is 13.4. The maximum absolute atomic E-state index is 14.9. The number of hydrogen-bond donors (Lipinski definition) is 1. The lowest BCUT2D eigenvalue weighted by Gasteiger charge is -2.16. The second-order valence-electron chi connectivity index (χ2n) is 9.29. The molecule has 0 aliphatic carbocycles. The summed E-state index contributed by atoms with van der Waals surface area (Å²) in [5.41, 5.74) is 0.912. The molecule has 1 heterocycles. The molecule has 0 saturated carbocycles. The van der Waals surface area contributed by atoms with Gasteiger partial charge in [-0.25, -0.2) is 9.37 Å². The summed E-state index contributed by atoms with van der Waals surface area (Å²) in [6, 6.07) is 18.5. The Kier molecular flexibility index (Phi) is 10.6.